The highest BCUT2D eigenvalue weighted by atomic mass is 32.2. The second kappa shape index (κ2) is 9.17. The van der Waals surface area contributed by atoms with Crippen molar-refractivity contribution in [1.29, 1.82) is 0 Å². The zero-order chi connectivity index (χ0) is 20.0. The molecule has 0 aromatic heterocycles. The summed E-state index contributed by atoms with van der Waals surface area (Å²) in [5, 5.41) is 0. The molecule has 1 aliphatic rings. The third-order valence-corrected chi connectivity index (χ3v) is 6.63. The summed E-state index contributed by atoms with van der Waals surface area (Å²) >= 11 is 0. The molecule has 1 amide bonds. The monoisotopic (exact) mass is 393 g/mol. The maximum atomic E-state index is 12.6. The Morgan fingerprint density at radius 2 is 2.04 bits per heavy atom. The molecule has 148 valence electrons. The van der Waals surface area contributed by atoms with Crippen LogP contribution in [0.5, 0.6) is 0 Å². The van der Waals surface area contributed by atoms with Gasteiger partial charge in [-0.3, -0.25) is 4.79 Å². The van der Waals surface area contributed by atoms with Gasteiger partial charge in [0, 0.05) is 18.2 Å². The van der Waals surface area contributed by atoms with Crippen LogP contribution in [0.4, 0.5) is 0 Å². The molecular formula is C20H27NO5S. The first kappa shape index (κ1) is 21.2. The molecule has 1 fully saturated rings. The lowest BCUT2D eigenvalue weighted by molar-refractivity contribution is -0.150. The number of benzene rings is 1. The summed E-state index contributed by atoms with van der Waals surface area (Å²) in [6.07, 6.45) is 4.07. The molecule has 0 spiro atoms. The molecule has 0 bridgehead atoms. The van der Waals surface area contributed by atoms with Crippen molar-refractivity contribution < 1.29 is 22.7 Å². The van der Waals surface area contributed by atoms with E-state index < -0.39 is 22.4 Å². The molecule has 27 heavy (non-hydrogen) atoms. The molecule has 6 nitrogen and oxygen atoms in total. The number of hydrogen-bond donors (Lipinski definition) is 0. The molecule has 0 N–H and O–H groups in total. The van der Waals surface area contributed by atoms with E-state index in [-0.39, 0.29) is 29.5 Å². The van der Waals surface area contributed by atoms with Gasteiger partial charge in [-0.15, -0.1) is 0 Å². The Hall–Kier alpha value is -2.15. The lowest BCUT2D eigenvalue weighted by Crippen LogP contribution is -2.48. The smallest absolute Gasteiger partial charge is 0.331 e. The van der Waals surface area contributed by atoms with Gasteiger partial charge in [-0.05, 0) is 43.9 Å². The summed E-state index contributed by atoms with van der Waals surface area (Å²) in [6.45, 7) is 5.36. The van der Waals surface area contributed by atoms with Crippen LogP contribution in [0.2, 0.25) is 0 Å². The van der Waals surface area contributed by atoms with Crippen molar-refractivity contribution in [2.45, 2.75) is 45.7 Å². The predicted molar refractivity (Wildman–Crippen MR) is 105 cm³/mol. The number of amides is 1. The normalized spacial score (nSPS) is 19.7. The van der Waals surface area contributed by atoms with Crippen LogP contribution in [0, 0.1) is 6.92 Å². The van der Waals surface area contributed by atoms with Crippen molar-refractivity contribution in [2.75, 3.05) is 18.1 Å². The minimum atomic E-state index is -3.10. The van der Waals surface area contributed by atoms with E-state index in [4.69, 9.17) is 4.74 Å². The standard InChI is InChI=1S/C20H27NO5S/c1-4-16(3)21(18-11-12-27(24,25)14-18)19(22)13-26-20(23)10-9-17-8-6-5-7-15(17)2/h5-10,16,18H,4,11-14H2,1-3H3/b10-9+/t16-,18-/m1/s1. The number of rotatable bonds is 7. The van der Waals surface area contributed by atoms with E-state index >= 15 is 0 Å². The number of nitrogens with zero attached hydrogens (tertiary/aromatic N) is 1. The van der Waals surface area contributed by atoms with E-state index in [9.17, 15) is 18.0 Å². The first-order valence-corrected chi connectivity index (χ1v) is 11.0. The first-order chi connectivity index (χ1) is 12.7. The summed E-state index contributed by atoms with van der Waals surface area (Å²) in [5.74, 6) is -0.889. The summed E-state index contributed by atoms with van der Waals surface area (Å²) in [5.41, 5.74) is 1.93. The van der Waals surface area contributed by atoms with Gasteiger partial charge in [-0.1, -0.05) is 31.2 Å². The molecule has 0 saturated carbocycles. The fourth-order valence-electron chi connectivity index (χ4n) is 3.19. The Kier molecular flexibility index (Phi) is 7.18. The van der Waals surface area contributed by atoms with Crippen molar-refractivity contribution in [3.8, 4) is 0 Å². The van der Waals surface area contributed by atoms with E-state index in [0.29, 0.717) is 12.8 Å². The van der Waals surface area contributed by atoms with Crippen LogP contribution in [0.1, 0.15) is 37.8 Å². The fourth-order valence-corrected chi connectivity index (χ4v) is 4.90. The van der Waals surface area contributed by atoms with Gasteiger partial charge in [0.2, 0.25) is 0 Å². The minimum absolute atomic E-state index is 0.0236. The highest BCUT2D eigenvalue weighted by Gasteiger charge is 2.36. The Bertz CT molecular complexity index is 815. The summed E-state index contributed by atoms with van der Waals surface area (Å²) in [4.78, 5) is 26.1. The second-order valence-corrected chi connectivity index (χ2v) is 9.14. The molecule has 0 unspecified atom stereocenters. The van der Waals surface area contributed by atoms with Crippen LogP contribution in [0.25, 0.3) is 6.08 Å². The van der Waals surface area contributed by atoms with Crippen molar-refractivity contribution in [3.05, 3.63) is 41.5 Å². The number of hydrogen-bond acceptors (Lipinski definition) is 5. The van der Waals surface area contributed by atoms with Gasteiger partial charge in [-0.2, -0.15) is 0 Å². The molecule has 1 aromatic rings. The van der Waals surface area contributed by atoms with Gasteiger partial charge in [0.25, 0.3) is 5.91 Å². The van der Waals surface area contributed by atoms with Gasteiger partial charge in [0.05, 0.1) is 11.5 Å². The number of aryl methyl sites for hydroxylation is 1. The third kappa shape index (κ3) is 5.92. The molecule has 1 heterocycles. The summed E-state index contributed by atoms with van der Waals surface area (Å²) in [7, 11) is -3.10. The van der Waals surface area contributed by atoms with Crippen molar-refractivity contribution >= 4 is 27.8 Å². The van der Waals surface area contributed by atoms with Crippen LogP contribution < -0.4 is 0 Å². The van der Waals surface area contributed by atoms with Crippen LogP contribution in [0.3, 0.4) is 0 Å². The van der Waals surface area contributed by atoms with Crippen LogP contribution in [-0.4, -0.2) is 55.4 Å². The van der Waals surface area contributed by atoms with Crippen molar-refractivity contribution in [1.82, 2.24) is 4.90 Å². The largest absolute Gasteiger partial charge is 0.452 e. The lowest BCUT2D eigenvalue weighted by Gasteiger charge is -2.33. The maximum absolute atomic E-state index is 12.6. The number of sulfone groups is 1. The van der Waals surface area contributed by atoms with E-state index in [1.54, 1.807) is 11.0 Å². The van der Waals surface area contributed by atoms with Crippen LogP contribution in [-0.2, 0) is 24.2 Å². The Labute approximate surface area is 161 Å². The van der Waals surface area contributed by atoms with E-state index in [1.807, 2.05) is 45.0 Å². The molecule has 1 aromatic carbocycles. The third-order valence-electron chi connectivity index (χ3n) is 4.88. The average molecular weight is 394 g/mol. The van der Waals surface area contributed by atoms with Crippen molar-refractivity contribution in [3.63, 3.8) is 0 Å². The summed E-state index contributed by atoms with van der Waals surface area (Å²) in [6, 6.07) is 7.15. The zero-order valence-corrected chi connectivity index (χ0v) is 16.9. The first-order valence-electron chi connectivity index (χ1n) is 9.15. The van der Waals surface area contributed by atoms with E-state index in [0.717, 1.165) is 11.1 Å². The fraction of sp³-hybridized carbons (Fsp3) is 0.500. The molecular weight excluding hydrogens is 366 g/mol. The van der Waals surface area contributed by atoms with Crippen LogP contribution >= 0.6 is 0 Å². The van der Waals surface area contributed by atoms with E-state index in [2.05, 4.69) is 0 Å². The number of esters is 1. The predicted octanol–water partition coefficient (Wildman–Crippen LogP) is 2.37. The van der Waals surface area contributed by atoms with E-state index in [1.165, 1.54) is 6.08 Å². The molecule has 2 atom stereocenters. The highest BCUT2D eigenvalue weighted by molar-refractivity contribution is 7.91. The summed E-state index contributed by atoms with van der Waals surface area (Å²) < 4.78 is 28.6. The Balaban J connectivity index is 1.97. The SMILES string of the molecule is CC[C@@H](C)N(C(=O)COC(=O)/C=C/c1ccccc1C)[C@@H]1CCS(=O)(=O)C1. The van der Waals surface area contributed by atoms with Crippen LogP contribution in [0.15, 0.2) is 30.3 Å². The number of carbonyl (C=O) groups excluding carboxylic acids is 2. The van der Waals surface area contributed by atoms with Gasteiger partial charge in [0.15, 0.2) is 16.4 Å². The molecule has 2 rings (SSSR count). The lowest BCUT2D eigenvalue weighted by atomic mass is 10.1. The second-order valence-electron chi connectivity index (χ2n) is 6.91. The van der Waals surface area contributed by atoms with Gasteiger partial charge < -0.3 is 9.64 Å². The highest BCUT2D eigenvalue weighted by Crippen LogP contribution is 2.21. The zero-order valence-electron chi connectivity index (χ0n) is 16.1. The molecule has 7 heteroatoms. The minimum Gasteiger partial charge on any atom is -0.452 e. The molecule has 1 saturated heterocycles. The Morgan fingerprint density at radius 1 is 1.33 bits per heavy atom. The maximum Gasteiger partial charge on any atom is 0.331 e. The number of ether oxygens (including phenoxy) is 1. The molecule has 1 aliphatic heterocycles. The van der Waals surface area contributed by atoms with Gasteiger partial charge >= 0.3 is 5.97 Å². The van der Waals surface area contributed by atoms with Gasteiger partial charge in [0.1, 0.15) is 0 Å². The molecule has 0 radical (unpaired) electrons. The Morgan fingerprint density at radius 3 is 2.63 bits per heavy atom. The quantitative estimate of drug-likeness (QED) is 0.525. The van der Waals surface area contributed by atoms with Gasteiger partial charge in [-0.25, -0.2) is 13.2 Å². The average Bonchev–Trinajstić information content (AvgIpc) is 2.98. The van der Waals surface area contributed by atoms with Crippen molar-refractivity contribution in [2.24, 2.45) is 0 Å². The number of carbonyl (C=O) groups is 2. The molecule has 0 aliphatic carbocycles. The topological polar surface area (TPSA) is 80.8 Å².